The molecule has 0 aliphatic heterocycles. The van der Waals surface area contributed by atoms with E-state index in [-0.39, 0.29) is 24.7 Å². The van der Waals surface area contributed by atoms with Gasteiger partial charge in [-0.2, -0.15) is 0 Å². The maximum Gasteiger partial charge on any atom is 0.306 e. The molecule has 0 saturated heterocycles. The Labute approximate surface area is 186 Å². The number of hydrogen-bond acceptors (Lipinski definition) is 6. The molecule has 0 saturated carbocycles. The second kappa shape index (κ2) is 11.1. The minimum atomic E-state index is -0.343. The van der Waals surface area contributed by atoms with Crippen LogP contribution in [0, 0.1) is 6.92 Å². The number of carbonyl (C=O) groups is 2. The van der Waals surface area contributed by atoms with E-state index in [0.717, 1.165) is 21.9 Å². The fourth-order valence-electron chi connectivity index (χ4n) is 3.28. The Bertz CT molecular complexity index is 1010. The third-order valence-electron chi connectivity index (χ3n) is 5.03. The third-order valence-corrected chi connectivity index (χ3v) is 5.92. The number of esters is 1. The lowest BCUT2D eigenvalue weighted by Crippen LogP contribution is -2.36. The Morgan fingerprint density at radius 2 is 1.94 bits per heavy atom. The van der Waals surface area contributed by atoms with E-state index < -0.39 is 0 Å². The van der Waals surface area contributed by atoms with Crippen molar-refractivity contribution in [1.82, 2.24) is 14.3 Å². The second-order valence-electron chi connectivity index (χ2n) is 7.30. The van der Waals surface area contributed by atoms with Gasteiger partial charge in [-0.15, -0.1) is 11.3 Å². The summed E-state index contributed by atoms with van der Waals surface area (Å²) in [5.41, 5.74) is 4.35. The van der Waals surface area contributed by atoms with Gasteiger partial charge in [0.25, 0.3) is 0 Å². The van der Waals surface area contributed by atoms with E-state index in [9.17, 15) is 9.59 Å². The summed E-state index contributed by atoms with van der Waals surface area (Å²) < 4.78 is 12.2. The number of imidazole rings is 1. The minimum absolute atomic E-state index is 0.0671. The first-order chi connectivity index (χ1) is 15.0. The lowest BCUT2D eigenvalue weighted by Gasteiger charge is -2.22. The number of carbonyl (C=O) groups excluding carboxylic acids is 2. The summed E-state index contributed by atoms with van der Waals surface area (Å²) >= 11 is 1.59. The van der Waals surface area contributed by atoms with Crippen LogP contribution in [-0.4, -0.2) is 59.6 Å². The van der Waals surface area contributed by atoms with Gasteiger partial charge < -0.3 is 14.4 Å². The summed E-state index contributed by atoms with van der Waals surface area (Å²) in [7, 11) is 1.61. The van der Waals surface area contributed by atoms with Crippen molar-refractivity contribution >= 4 is 28.2 Å². The number of fused-ring (bicyclic) bond motifs is 1. The highest BCUT2D eigenvalue weighted by Gasteiger charge is 2.17. The summed E-state index contributed by atoms with van der Waals surface area (Å²) in [6, 6.07) is 8.32. The minimum Gasteiger partial charge on any atom is -0.466 e. The molecule has 166 valence electrons. The zero-order chi connectivity index (χ0) is 22.2. The van der Waals surface area contributed by atoms with Gasteiger partial charge >= 0.3 is 5.97 Å². The van der Waals surface area contributed by atoms with Gasteiger partial charge in [0.2, 0.25) is 5.91 Å². The number of nitrogens with zero attached hydrogens (tertiary/aromatic N) is 3. The fraction of sp³-hybridized carbons (Fsp3) is 0.435. The Hall–Kier alpha value is -2.71. The van der Waals surface area contributed by atoms with E-state index in [2.05, 4.69) is 41.0 Å². The molecule has 2 heterocycles. The van der Waals surface area contributed by atoms with Crippen LogP contribution < -0.4 is 0 Å². The summed E-state index contributed by atoms with van der Waals surface area (Å²) in [6.07, 6.45) is 2.98. The van der Waals surface area contributed by atoms with Crippen LogP contribution in [0.15, 0.2) is 35.8 Å². The molecule has 0 bridgehead atoms. The highest BCUT2D eigenvalue weighted by atomic mass is 32.1. The maximum absolute atomic E-state index is 12.6. The first-order valence-corrected chi connectivity index (χ1v) is 11.3. The molecular formula is C23H29N3O4S. The lowest BCUT2D eigenvalue weighted by atomic mass is 10.1. The van der Waals surface area contributed by atoms with Gasteiger partial charge in [0.15, 0.2) is 4.96 Å². The van der Waals surface area contributed by atoms with E-state index in [4.69, 9.17) is 14.5 Å². The second-order valence-corrected chi connectivity index (χ2v) is 8.14. The normalized spacial score (nSPS) is 11.1. The van der Waals surface area contributed by atoms with Gasteiger partial charge in [0.1, 0.15) is 0 Å². The molecule has 0 atom stereocenters. The molecule has 1 aromatic carbocycles. The van der Waals surface area contributed by atoms with Gasteiger partial charge in [-0.05, 0) is 13.8 Å². The molecule has 0 spiro atoms. The van der Waals surface area contributed by atoms with E-state index in [0.29, 0.717) is 32.7 Å². The molecule has 31 heavy (non-hydrogen) atoms. The standard InChI is InChI=1S/C23H29N3O4S/c1-4-30-22(28)10-9-21(27)25(13-14-29-3)12-11-19-16-31-23-24-20(15-26(19)23)18-7-5-17(2)6-8-18/h5-8,15-16H,4,9-14H2,1-3H3. The first-order valence-electron chi connectivity index (χ1n) is 10.5. The van der Waals surface area contributed by atoms with Crippen molar-refractivity contribution in [3.05, 3.63) is 47.1 Å². The fourth-order valence-corrected chi connectivity index (χ4v) is 4.19. The first kappa shape index (κ1) is 23.0. The van der Waals surface area contributed by atoms with Gasteiger partial charge in [-0.1, -0.05) is 29.8 Å². The molecule has 0 radical (unpaired) electrons. The SMILES string of the molecule is CCOC(=O)CCC(=O)N(CCOC)CCc1csc2nc(-c3ccc(C)cc3)cn12. The molecule has 0 aliphatic carbocycles. The van der Waals surface area contributed by atoms with Crippen LogP contribution in [0.1, 0.15) is 31.0 Å². The van der Waals surface area contributed by atoms with Crippen molar-refractivity contribution < 1.29 is 19.1 Å². The van der Waals surface area contributed by atoms with Crippen LogP contribution in [0.3, 0.4) is 0 Å². The molecular weight excluding hydrogens is 414 g/mol. The highest BCUT2D eigenvalue weighted by Crippen LogP contribution is 2.24. The van der Waals surface area contributed by atoms with Gasteiger partial charge in [0.05, 0.1) is 25.3 Å². The number of methoxy groups -OCH3 is 1. The molecule has 0 unspecified atom stereocenters. The number of thiazole rings is 1. The van der Waals surface area contributed by atoms with Gasteiger partial charge in [-0.3, -0.25) is 14.0 Å². The number of aryl methyl sites for hydroxylation is 1. The van der Waals surface area contributed by atoms with Crippen molar-refractivity contribution in [1.29, 1.82) is 0 Å². The van der Waals surface area contributed by atoms with Crippen LogP contribution in [0.2, 0.25) is 0 Å². The number of amides is 1. The predicted octanol–water partition coefficient (Wildman–Crippen LogP) is 3.73. The van der Waals surface area contributed by atoms with Gasteiger partial charge in [0, 0.05) is 55.9 Å². The average molecular weight is 444 g/mol. The van der Waals surface area contributed by atoms with E-state index in [1.54, 1.807) is 30.3 Å². The van der Waals surface area contributed by atoms with E-state index in [1.807, 2.05) is 6.20 Å². The molecule has 1 amide bonds. The number of hydrogen-bond donors (Lipinski definition) is 0. The molecule has 8 heteroatoms. The Balaban J connectivity index is 1.66. The zero-order valence-electron chi connectivity index (χ0n) is 18.3. The van der Waals surface area contributed by atoms with Crippen LogP contribution >= 0.6 is 11.3 Å². The summed E-state index contributed by atoms with van der Waals surface area (Å²) in [5.74, 6) is -0.410. The van der Waals surface area contributed by atoms with Crippen LogP contribution in [-0.2, 0) is 25.5 Å². The van der Waals surface area contributed by atoms with Crippen LogP contribution in [0.4, 0.5) is 0 Å². The number of ether oxygens (including phenoxy) is 2. The highest BCUT2D eigenvalue weighted by molar-refractivity contribution is 7.15. The lowest BCUT2D eigenvalue weighted by molar-refractivity contribution is -0.145. The summed E-state index contributed by atoms with van der Waals surface area (Å²) in [6.45, 7) is 5.64. The molecule has 7 nitrogen and oxygen atoms in total. The summed E-state index contributed by atoms with van der Waals surface area (Å²) in [5, 5.41) is 2.08. The van der Waals surface area contributed by atoms with Gasteiger partial charge in [-0.25, -0.2) is 4.98 Å². The molecule has 0 aliphatic rings. The molecule has 2 aromatic heterocycles. The molecule has 3 rings (SSSR count). The zero-order valence-corrected chi connectivity index (χ0v) is 19.1. The van der Waals surface area contributed by atoms with Crippen molar-refractivity contribution in [2.24, 2.45) is 0 Å². The third kappa shape index (κ3) is 6.15. The Kier molecular flexibility index (Phi) is 8.20. The topological polar surface area (TPSA) is 73.1 Å². The molecule has 0 N–H and O–H groups in total. The number of benzene rings is 1. The van der Waals surface area contributed by atoms with Crippen molar-refractivity contribution in [2.45, 2.75) is 33.1 Å². The number of rotatable bonds is 11. The smallest absolute Gasteiger partial charge is 0.306 e. The quantitative estimate of drug-likeness (QED) is 0.422. The molecule has 0 fully saturated rings. The Morgan fingerprint density at radius 3 is 2.65 bits per heavy atom. The van der Waals surface area contributed by atoms with Crippen molar-refractivity contribution in [3.63, 3.8) is 0 Å². The average Bonchev–Trinajstić information content (AvgIpc) is 3.34. The predicted molar refractivity (Wildman–Crippen MR) is 121 cm³/mol. The van der Waals surface area contributed by atoms with Crippen molar-refractivity contribution in [2.75, 3.05) is 33.4 Å². The molecule has 3 aromatic rings. The maximum atomic E-state index is 12.6. The summed E-state index contributed by atoms with van der Waals surface area (Å²) in [4.78, 5) is 31.7. The van der Waals surface area contributed by atoms with E-state index >= 15 is 0 Å². The van der Waals surface area contributed by atoms with Crippen LogP contribution in [0.5, 0.6) is 0 Å². The monoisotopic (exact) mass is 443 g/mol. The largest absolute Gasteiger partial charge is 0.466 e. The van der Waals surface area contributed by atoms with E-state index in [1.165, 1.54) is 5.56 Å². The Morgan fingerprint density at radius 1 is 1.16 bits per heavy atom. The van der Waals surface area contributed by atoms with Crippen LogP contribution in [0.25, 0.3) is 16.2 Å². The van der Waals surface area contributed by atoms with Crippen molar-refractivity contribution in [3.8, 4) is 11.3 Å². The number of aromatic nitrogens is 2.